The van der Waals surface area contributed by atoms with Crippen LogP contribution < -0.4 is 25.4 Å². The van der Waals surface area contributed by atoms with Gasteiger partial charge in [-0.05, 0) is 50.6 Å². The van der Waals surface area contributed by atoms with Gasteiger partial charge in [-0.15, -0.1) is 0 Å². The van der Waals surface area contributed by atoms with Crippen LogP contribution in [-0.2, 0) is 9.59 Å². The first kappa shape index (κ1) is 19.7. The van der Waals surface area contributed by atoms with Crippen LogP contribution in [0.3, 0.4) is 0 Å². The van der Waals surface area contributed by atoms with Crippen molar-refractivity contribution in [3.63, 3.8) is 0 Å². The molecule has 0 radical (unpaired) electrons. The normalized spacial score (nSPS) is 21.0. The summed E-state index contributed by atoms with van der Waals surface area (Å²) in [5.74, 6) is 0.359. The second kappa shape index (κ2) is 7.33. The molecule has 3 heterocycles. The number of carbonyl (C=O) groups is 3. The lowest BCUT2D eigenvalue weighted by molar-refractivity contribution is -0.126. The summed E-state index contributed by atoms with van der Waals surface area (Å²) in [5, 5.41) is 2.73. The van der Waals surface area contributed by atoms with Crippen molar-refractivity contribution in [3.05, 3.63) is 35.9 Å². The second-order valence-corrected chi connectivity index (χ2v) is 7.28. The van der Waals surface area contributed by atoms with Gasteiger partial charge in [-0.2, -0.15) is 0 Å². The second-order valence-electron chi connectivity index (χ2n) is 7.28. The van der Waals surface area contributed by atoms with Crippen LogP contribution in [0.1, 0.15) is 37.6 Å². The average molecular weight is 410 g/mol. The van der Waals surface area contributed by atoms with Crippen LogP contribution in [-0.4, -0.2) is 40.8 Å². The van der Waals surface area contributed by atoms with E-state index < -0.39 is 18.2 Å². The van der Waals surface area contributed by atoms with Crippen molar-refractivity contribution in [2.24, 2.45) is 0 Å². The Kier molecular flexibility index (Phi) is 4.81. The van der Waals surface area contributed by atoms with E-state index in [-0.39, 0.29) is 29.2 Å². The fraction of sp³-hybridized carbons (Fsp3) is 0.333. The number of nitrogens with zero attached hydrogens (tertiary/aromatic N) is 2. The third kappa shape index (κ3) is 3.22. The number of fused-ring (bicyclic) bond motifs is 2. The summed E-state index contributed by atoms with van der Waals surface area (Å²) in [6.45, 7) is 5.10. The Hall–Kier alpha value is -3.62. The summed E-state index contributed by atoms with van der Waals surface area (Å²) in [5.41, 5.74) is 6.55. The Morgan fingerprint density at radius 2 is 1.97 bits per heavy atom. The molecule has 0 aliphatic carbocycles. The lowest BCUT2D eigenvalue weighted by Gasteiger charge is -2.36. The number of amides is 2. The smallest absolute Gasteiger partial charge is 0.269 e. The summed E-state index contributed by atoms with van der Waals surface area (Å²) >= 11 is 0. The van der Waals surface area contributed by atoms with E-state index in [4.69, 9.17) is 15.2 Å². The first-order valence-corrected chi connectivity index (χ1v) is 9.72. The molecule has 0 spiro atoms. The molecule has 0 saturated heterocycles. The van der Waals surface area contributed by atoms with Crippen LogP contribution >= 0.6 is 0 Å². The number of hydrogen-bond acceptors (Lipinski definition) is 7. The first-order valence-electron chi connectivity index (χ1n) is 9.72. The maximum absolute atomic E-state index is 13.3. The lowest BCUT2D eigenvalue weighted by Crippen LogP contribution is -2.52. The Labute approximate surface area is 173 Å². The molecule has 2 aliphatic heterocycles. The third-order valence-corrected chi connectivity index (χ3v) is 5.20. The molecular formula is C21H22N4O5. The molecule has 9 nitrogen and oxygen atoms in total. The van der Waals surface area contributed by atoms with Crippen LogP contribution in [0, 0.1) is 0 Å². The maximum atomic E-state index is 13.3. The predicted molar refractivity (Wildman–Crippen MR) is 110 cm³/mol. The molecule has 3 unspecified atom stereocenters. The van der Waals surface area contributed by atoms with Gasteiger partial charge < -0.3 is 20.5 Å². The Morgan fingerprint density at radius 1 is 1.23 bits per heavy atom. The van der Waals surface area contributed by atoms with E-state index in [0.717, 1.165) is 0 Å². The highest BCUT2D eigenvalue weighted by molar-refractivity contribution is 6.10. The van der Waals surface area contributed by atoms with Crippen molar-refractivity contribution < 1.29 is 23.9 Å². The van der Waals surface area contributed by atoms with Gasteiger partial charge in [0.15, 0.2) is 29.6 Å². The van der Waals surface area contributed by atoms with Crippen LogP contribution in [0.5, 0.6) is 11.5 Å². The highest BCUT2D eigenvalue weighted by Crippen LogP contribution is 2.36. The minimum absolute atomic E-state index is 0.215. The van der Waals surface area contributed by atoms with E-state index in [0.29, 0.717) is 29.2 Å². The zero-order chi connectivity index (χ0) is 21.6. The van der Waals surface area contributed by atoms with Gasteiger partial charge in [0.25, 0.3) is 11.8 Å². The maximum Gasteiger partial charge on any atom is 0.269 e. The molecule has 0 fully saturated rings. The zero-order valence-electron chi connectivity index (χ0n) is 16.8. The summed E-state index contributed by atoms with van der Waals surface area (Å²) in [6, 6.07) is 7.15. The van der Waals surface area contributed by atoms with Gasteiger partial charge in [-0.25, -0.2) is 4.98 Å². The fourth-order valence-electron chi connectivity index (χ4n) is 3.53. The van der Waals surface area contributed by atoms with E-state index in [1.807, 2.05) is 6.92 Å². The van der Waals surface area contributed by atoms with Gasteiger partial charge in [-0.1, -0.05) is 6.92 Å². The van der Waals surface area contributed by atoms with Crippen molar-refractivity contribution in [2.75, 3.05) is 16.0 Å². The SMILES string of the molecule is CCC1Oc2ccc(N)nc2N(C(C)C(=O)c2ccc3c(c2)NC(=O)C(C)O3)C1=O. The van der Waals surface area contributed by atoms with Crippen LogP contribution in [0.15, 0.2) is 30.3 Å². The Balaban J connectivity index is 1.69. The molecule has 1 aromatic heterocycles. The van der Waals surface area contributed by atoms with Crippen LogP contribution in [0.4, 0.5) is 17.3 Å². The summed E-state index contributed by atoms with van der Waals surface area (Å²) in [6.07, 6.45) is -0.876. The molecule has 156 valence electrons. The largest absolute Gasteiger partial charge is 0.479 e. The number of benzene rings is 1. The number of pyridine rings is 1. The molecule has 0 bridgehead atoms. The van der Waals surface area contributed by atoms with Crippen LogP contribution in [0.25, 0.3) is 0 Å². The number of hydrogen-bond donors (Lipinski definition) is 2. The molecule has 9 heteroatoms. The molecule has 2 aromatic rings. The monoisotopic (exact) mass is 410 g/mol. The van der Waals surface area contributed by atoms with Crippen molar-refractivity contribution in [1.82, 2.24) is 4.98 Å². The first-order chi connectivity index (χ1) is 14.3. The molecule has 2 amide bonds. The van der Waals surface area contributed by atoms with E-state index in [2.05, 4.69) is 10.3 Å². The number of anilines is 3. The number of ketones is 1. The van der Waals surface area contributed by atoms with Gasteiger partial charge in [0, 0.05) is 5.56 Å². The minimum atomic E-state index is -0.860. The Morgan fingerprint density at radius 3 is 2.70 bits per heavy atom. The van der Waals surface area contributed by atoms with Gasteiger partial charge in [0.2, 0.25) is 0 Å². The number of nitrogens with two attached hydrogens (primary N) is 1. The quantitative estimate of drug-likeness (QED) is 0.740. The molecule has 0 saturated carbocycles. The number of nitrogen functional groups attached to an aromatic ring is 1. The number of ether oxygens (including phenoxy) is 2. The summed E-state index contributed by atoms with van der Waals surface area (Å²) < 4.78 is 11.3. The molecular weight excluding hydrogens is 388 g/mol. The fourth-order valence-corrected chi connectivity index (χ4v) is 3.53. The highest BCUT2D eigenvalue weighted by Gasteiger charge is 2.40. The van der Waals surface area contributed by atoms with Crippen molar-refractivity contribution >= 4 is 34.9 Å². The standard InChI is InChI=1S/C21H22N4O5/c1-4-14-21(28)25(19-16(30-14)7-8-17(22)24-19)10(2)18(26)12-5-6-15-13(9-12)23-20(27)11(3)29-15/h5-11,14H,4H2,1-3H3,(H2,22,24)(H,23,27). The lowest BCUT2D eigenvalue weighted by atomic mass is 10.0. The third-order valence-electron chi connectivity index (χ3n) is 5.20. The highest BCUT2D eigenvalue weighted by atomic mass is 16.5. The Bertz CT molecular complexity index is 1050. The topological polar surface area (TPSA) is 124 Å². The summed E-state index contributed by atoms with van der Waals surface area (Å²) in [4.78, 5) is 43.7. The van der Waals surface area contributed by atoms with Gasteiger partial charge in [-0.3, -0.25) is 19.3 Å². The number of carbonyl (C=O) groups excluding carboxylic acids is 3. The van der Waals surface area contributed by atoms with Gasteiger partial charge in [0.1, 0.15) is 11.6 Å². The molecule has 3 atom stereocenters. The van der Waals surface area contributed by atoms with Crippen molar-refractivity contribution in [1.29, 1.82) is 0 Å². The number of rotatable bonds is 4. The van der Waals surface area contributed by atoms with Crippen molar-refractivity contribution in [2.45, 2.75) is 45.4 Å². The number of Topliss-reactive ketones (excluding diaryl/α,β-unsaturated/α-hetero) is 1. The van der Waals surface area contributed by atoms with Crippen molar-refractivity contribution in [3.8, 4) is 11.5 Å². The van der Waals surface area contributed by atoms with Crippen LogP contribution in [0.2, 0.25) is 0 Å². The van der Waals surface area contributed by atoms with Gasteiger partial charge >= 0.3 is 0 Å². The van der Waals surface area contributed by atoms with Gasteiger partial charge in [0.05, 0.1) is 11.7 Å². The summed E-state index contributed by atoms with van der Waals surface area (Å²) in [7, 11) is 0. The molecule has 30 heavy (non-hydrogen) atoms. The van der Waals surface area contributed by atoms with E-state index >= 15 is 0 Å². The minimum Gasteiger partial charge on any atom is -0.479 e. The number of nitrogens with one attached hydrogen (secondary N) is 1. The van der Waals surface area contributed by atoms with E-state index in [9.17, 15) is 14.4 Å². The number of aromatic nitrogens is 1. The predicted octanol–water partition coefficient (Wildman–Crippen LogP) is 2.16. The molecule has 3 N–H and O–H groups in total. The molecule has 2 aliphatic rings. The van der Waals surface area contributed by atoms with E-state index in [1.165, 1.54) is 4.90 Å². The molecule has 1 aromatic carbocycles. The van der Waals surface area contributed by atoms with E-state index in [1.54, 1.807) is 44.2 Å². The molecule has 4 rings (SSSR count). The average Bonchev–Trinajstić information content (AvgIpc) is 2.73. The zero-order valence-corrected chi connectivity index (χ0v) is 16.8.